The molecule has 0 aliphatic carbocycles. The minimum atomic E-state index is 0.0493. The molecule has 0 saturated carbocycles. The summed E-state index contributed by atoms with van der Waals surface area (Å²) in [6.07, 6.45) is 0. The van der Waals surface area contributed by atoms with Crippen molar-refractivity contribution in [2.24, 2.45) is 7.05 Å². The van der Waals surface area contributed by atoms with E-state index < -0.39 is 0 Å². The van der Waals surface area contributed by atoms with Crippen LogP contribution in [0.3, 0.4) is 0 Å². The van der Waals surface area contributed by atoms with Gasteiger partial charge >= 0.3 is 0 Å². The zero-order chi connectivity index (χ0) is 24.1. The van der Waals surface area contributed by atoms with Gasteiger partial charge in [0.2, 0.25) is 5.91 Å². The normalized spacial score (nSPS) is 13.9. The van der Waals surface area contributed by atoms with E-state index in [1.54, 1.807) is 0 Å². The van der Waals surface area contributed by atoms with Crippen LogP contribution in [0.1, 0.15) is 23.5 Å². The van der Waals surface area contributed by atoms with E-state index in [4.69, 9.17) is 0 Å². The lowest BCUT2D eigenvalue weighted by Crippen LogP contribution is -2.51. The Morgan fingerprint density at radius 2 is 1.68 bits per heavy atom. The first-order valence-corrected chi connectivity index (χ1v) is 13.4. The average molecular weight is 499 g/mol. The Balaban J connectivity index is 1.31. The molecule has 0 radical (unpaired) electrons. The van der Waals surface area contributed by atoms with E-state index >= 15 is 0 Å². The summed E-state index contributed by atoms with van der Waals surface area (Å²) < 4.78 is 1.93. The number of amides is 2. The standard InChI is InChI=1S/C24H30N6O2S2/c1-4-28(5-2)19-10-8-18(9-11-19)22-25-26-24(27(22)3)34-17-21(31)29-12-14-30(15-13-29)23(32)20-7-6-16-33-20/h6-11,16H,4-5,12-15,17H2,1-3H3. The molecule has 8 nitrogen and oxygen atoms in total. The Labute approximate surface area is 208 Å². The van der Waals surface area contributed by atoms with Crippen molar-refractivity contribution in [3.8, 4) is 11.4 Å². The average Bonchev–Trinajstić information content (AvgIpc) is 3.54. The summed E-state index contributed by atoms with van der Waals surface area (Å²) in [7, 11) is 1.93. The van der Waals surface area contributed by atoms with Crippen molar-refractivity contribution in [2.75, 3.05) is 49.9 Å². The second-order valence-corrected chi connectivity index (χ2v) is 9.91. The van der Waals surface area contributed by atoms with Crippen LogP contribution in [0.4, 0.5) is 5.69 Å². The van der Waals surface area contributed by atoms with Gasteiger partial charge in [-0.15, -0.1) is 21.5 Å². The van der Waals surface area contributed by atoms with E-state index in [1.165, 1.54) is 28.8 Å². The molecule has 4 rings (SSSR count). The van der Waals surface area contributed by atoms with Gasteiger partial charge in [-0.2, -0.15) is 0 Å². The number of thioether (sulfide) groups is 1. The van der Waals surface area contributed by atoms with Gasteiger partial charge in [-0.1, -0.05) is 17.8 Å². The molecule has 0 spiro atoms. The fraction of sp³-hybridized carbons (Fsp3) is 0.417. The Hall–Kier alpha value is -2.85. The van der Waals surface area contributed by atoms with Gasteiger partial charge in [0.1, 0.15) is 0 Å². The number of rotatable bonds is 8. The molecule has 0 unspecified atom stereocenters. The lowest BCUT2D eigenvalue weighted by molar-refractivity contribution is -0.129. The second-order valence-electron chi connectivity index (χ2n) is 8.02. The minimum absolute atomic E-state index is 0.0493. The lowest BCUT2D eigenvalue weighted by Gasteiger charge is -2.34. The number of aromatic nitrogens is 3. The van der Waals surface area contributed by atoms with E-state index in [-0.39, 0.29) is 11.8 Å². The predicted molar refractivity (Wildman–Crippen MR) is 138 cm³/mol. The molecule has 0 N–H and O–H groups in total. The van der Waals surface area contributed by atoms with Crippen LogP contribution in [-0.4, -0.2) is 81.4 Å². The predicted octanol–water partition coefficient (Wildman–Crippen LogP) is 3.47. The van der Waals surface area contributed by atoms with Crippen LogP contribution in [0, 0.1) is 0 Å². The zero-order valence-corrected chi connectivity index (χ0v) is 21.4. The van der Waals surface area contributed by atoms with E-state index in [2.05, 4.69) is 53.2 Å². The largest absolute Gasteiger partial charge is 0.372 e. The number of hydrogen-bond acceptors (Lipinski definition) is 7. The Bertz CT molecular complexity index is 1100. The van der Waals surface area contributed by atoms with Gasteiger partial charge in [-0.3, -0.25) is 9.59 Å². The first-order valence-electron chi connectivity index (χ1n) is 11.5. The van der Waals surface area contributed by atoms with Gasteiger partial charge in [0, 0.05) is 57.6 Å². The van der Waals surface area contributed by atoms with Gasteiger partial charge < -0.3 is 19.3 Å². The SMILES string of the molecule is CCN(CC)c1ccc(-c2nnc(SCC(=O)N3CCN(C(=O)c4cccs4)CC3)n2C)cc1. The quantitative estimate of drug-likeness (QED) is 0.443. The fourth-order valence-electron chi connectivity index (χ4n) is 4.03. The molecule has 10 heteroatoms. The summed E-state index contributed by atoms with van der Waals surface area (Å²) in [4.78, 5) is 32.0. The fourth-order valence-corrected chi connectivity index (χ4v) is 5.54. The number of carbonyl (C=O) groups excluding carboxylic acids is 2. The summed E-state index contributed by atoms with van der Waals surface area (Å²) in [6, 6.07) is 12.1. The molecule has 1 aliphatic rings. The summed E-state index contributed by atoms with van der Waals surface area (Å²) in [5, 5.41) is 11.3. The number of carbonyl (C=O) groups is 2. The third-order valence-electron chi connectivity index (χ3n) is 6.07. The number of hydrogen-bond donors (Lipinski definition) is 0. The lowest BCUT2D eigenvalue weighted by atomic mass is 10.2. The van der Waals surface area contributed by atoms with E-state index in [9.17, 15) is 9.59 Å². The molecule has 180 valence electrons. The molecule has 0 atom stereocenters. The van der Waals surface area contributed by atoms with Crippen molar-refractivity contribution in [3.63, 3.8) is 0 Å². The van der Waals surface area contributed by atoms with Crippen LogP contribution in [0.2, 0.25) is 0 Å². The number of piperazine rings is 1. The molecular formula is C24H30N6O2S2. The van der Waals surface area contributed by atoms with Crippen LogP contribution in [0.5, 0.6) is 0 Å². The summed E-state index contributed by atoms with van der Waals surface area (Å²) in [5.41, 5.74) is 2.18. The molecule has 1 saturated heterocycles. The van der Waals surface area contributed by atoms with Crippen molar-refractivity contribution in [2.45, 2.75) is 19.0 Å². The number of benzene rings is 1. The maximum Gasteiger partial charge on any atom is 0.264 e. The molecular weight excluding hydrogens is 468 g/mol. The third-order valence-corrected chi connectivity index (χ3v) is 7.93. The van der Waals surface area contributed by atoms with Gasteiger partial charge in [0.15, 0.2) is 11.0 Å². The van der Waals surface area contributed by atoms with E-state index in [1.807, 2.05) is 38.9 Å². The van der Waals surface area contributed by atoms with Crippen LogP contribution in [-0.2, 0) is 11.8 Å². The van der Waals surface area contributed by atoms with E-state index in [0.29, 0.717) is 37.1 Å². The molecule has 2 amide bonds. The van der Waals surface area contributed by atoms with Gasteiger partial charge in [-0.25, -0.2) is 0 Å². The number of anilines is 1. The highest BCUT2D eigenvalue weighted by Gasteiger charge is 2.25. The number of thiophene rings is 1. The highest BCUT2D eigenvalue weighted by atomic mass is 32.2. The van der Waals surface area contributed by atoms with Crippen molar-refractivity contribution >= 4 is 40.6 Å². The van der Waals surface area contributed by atoms with Crippen LogP contribution >= 0.6 is 23.1 Å². The van der Waals surface area contributed by atoms with Crippen LogP contribution in [0.25, 0.3) is 11.4 Å². The molecule has 2 aromatic heterocycles. The first-order chi connectivity index (χ1) is 16.5. The topological polar surface area (TPSA) is 74.6 Å². The Morgan fingerprint density at radius 1 is 1.00 bits per heavy atom. The monoisotopic (exact) mass is 498 g/mol. The zero-order valence-electron chi connectivity index (χ0n) is 19.8. The second kappa shape index (κ2) is 11.1. The molecule has 3 aromatic rings. The molecule has 1 aliphatic heterocycles. The molecule has 1 fully saturated rings. The number of nitrogens with zero attached hydrogens (tertiary/aromatic N) is 6. The van der Waals surface area contributed by atoms with Crippen molar-refractivity contribution < 1.29 is 9.59 Å². The molecule has 34 heavy (non-hydrogen) atoms. The Kier molecular flexibility index (Phi) is 7.89. The summed E-state index contributed by atoms with van der Waals surface area (Å²) in [5.74, 6) is 1.18. The van der Waals surface area contributed by atoms with Crippen molar-refractivity contribution in [3.05, 3.63) is 46.7 Å². The molecule has 1 aromatic carbocycles. The highest BCUT2D eigenvalue weighted by Crippen LogP contribution is 2.25. The maximum atomic E-state index is 12.8. The third kappa shape index (κ3) is 5.28. The first kappa shape index (κ1) is 24.3. The Morgan fingerprint density at radius 3 is 2.29 bits per heavy atom. The van der Waals surface area contributed by atoms with Crippen LogP contribution < -0.4 is 4.90 Å². The molecule has 0 bridgehead atoms. The summed E-state index contributed by atoms with van der Waals surface area (Å²) >= 11 is 2.85. The molecule has 3 heterocycles. The summed E-state index contributed by atoms with van der Waals surface area (Å²) in [6.45, 7) is 8.46. The van der Waals surface area contributed by atoms with Crippen molar-refractivity contribution in [1.82, 2.24) is 24.6 Å². The highest BCUT2D eigenvalue weighted by molar-refractivity contribution is 7.99. The van der Waals surface area contributed by atoms with Crippen molar-refractivity contribution in [1.29, 1.82) is 0 Å². The minimum Gasteiger partial charge on any atom is -0.372 e. The van der Waals surface area contributed by atoms with Gasteiger partial charge in [0.25, 0.3) is 5.91 Å². The smallest absolute Gasteiger partial charge is 0.264 e. The van der Waals surface area contributed by atoms with Gasteiger partial charge in [0.05, 0.1) is 10.6 Å². The maximum absolute atomic E-state index is 12.8. The van der Waals surface area contributed by atoms with E-state index in [0.717, 1.165) is 29.4 Å². The van der Waals surface area contributed by atoms with Gasteiger partial charge in [-0.05, 0) is 49.6 Å². The van der Waals surface area contributed by atoms with Crippen LogP contribution in [0.15, 0.2) is 46.9 Å².